The van der Waals surface area contributed by atoms with Crippen LogP contribution in [0, 0.1) is 6.92 Å². The summed E-state index contributed by atoms with van der Waals surface area (Å²) < 4.78 is 4.88. The third-order valence-corrected chi connectivity index (χ3v) is 2.50. The van der Waals surface area contributed by atoms with Crippen LogP contribution in [0.4, 0.5) is 5.82 Å². The van der Waals surface area contributed by atoms with Gasteiger partial charge in [0, 0.05) is 26.1 Å². The summed E-state index contributed by atoms with van der Waals surface area (Å²) in [5, 5.41) is 6.96. The first kappa shape index (κ1) is 12.4. The van der Waals surface area contributed by atoms with Gasteiger partial charge in [0.2, 0.25) is 5.89 Å². The Labute approximate surface area is 110 Å². The van der Waals surface area contributed by atoms with E-state index in [0.717, 1.165) is 5.56 Å². The van der Waals surface area contributed by atoms with E-state index in [1.54, 1.807) is 19.2 Å². The smallest absolute Gasteiger partial charge is 0.223 e. The average molecular weight is 263 g/mol. The summed E-state index contributed by atoms with van der Waals surface area (Å²) in [4.78, 5) is 8.62. The first-order valence-corrected chi connectivity index (χ1v) is 5.85. The molecule has 0 fully saturated rings. The molecule has 18 heavy (non-hydrogen) atoms. The van der Waals surface area contributed by atoms with Gasteiger partial charge in [0.1, 0.15) is 10.8 Å². The second kappa shape index (κ2) is 5.54. The first-order chi connectivity index (χ1) is 8.66. The van der Waals surface area contributed by atoms with Crippen LogP contribution in [0.3, 0.4) is 0 Å². The molecule has 0 saturated carbocycles. The maximum Gasteiger partial charge on any atom is 0.223 e. The van der Waals surface area contributed by atoms with E-state index in [2.05, 4.69) is 20.4 Å². The van der Waals surface area contributed by atoms with Crippen molar-refractivity contribution in [3.63, 3.8) is 0 Å². The molecule has 2 aromatic rings. The highest BCUT2D eigenvalue weighted by Gasteiger charge is 2.06. The molecule has 2 rings (SSSR count). The van der Waals surface area contributed by atoms with Crippen LogP contribution in [0.25, 0.3) is 0 Å². The van der Waals surface area contributed by atoms with Gasteiger partial charge in [-0.25, -0.2) is 4.98 Å². The fraction of sp³-hybridized carbons (Fsp3) is 0.273. The second-order valence-corrected chi connectivity index (χ2v) is 4.11. The molecule has 7 heteroatoms. The van der Waals surface area contributed by atoms with E-state index < -0.39 is 0 Å². The lowest BCUT2D eigenvalue weighted by Crippen LogP contribution is -2.15. The van der Waals surface area contributed by atoms with E-state index in [1.165, 1.54) is 0 Å². The number of hydrogen-bond acceptors (Lipinski definition) is 6. The van der Waals surface area contributed by atoms with Crippen LogP contribution in [0.1, 0.15) is 17.3 Å². The lowest BCUT2D eigenvalue weighted by Gasteiger charge is -2.08. The van der Waals surface area contributed by atoms with Crippen LogP contribution in [0.5, 0.6) is 0 Å². The Kier molecular flexibility index (Phi) is 3.83. The number of nitrogens with zero attached hydrogens (tertiary/aromatic N) is 3. The molecule has 3 N–H and O–H groups in total. The van der Waals surface area contributed by atoms with Gasteiger partial charge >= 0.3 is 0 Å². The monoisotopic (exact) mass is 263 g/mol. The second-order valence-electron chi connectivity index (χ2n) is 3.67. The van der Waals surface area contributed by atoms with E-state index in [-0.39, 0.29) is 0 Å². The van der Waals surface area contributed by atoms with Crippen molar-refractivity contribution in [3.05, 3.63) is 35.6 Å². The standard InChI is InChI=1S/C11H13N5OS/c1-7-15-9(16-17-7)4-6-14-11-8(10(12)18)3-2-5-13-11/h2-3,5H,4,6H2,1H3,(H2,12,18)(H,13,14). The minimum absolute atomic E-state index is 0.320. The number of nitrogens with two attached hydrogens (primary N) is 1. The van der Waals surface area contributed by atoms with Gasteiger partial charge in [-0.1, -0.05) is 17.4 Å². The topological polar surface area (TPSA) is 89.9 Å². The number of rotatable bonds is 5. The van der Waals surface area contributed by atoms with Gasteiger partial charge in [-0.3, -0.25) is 0 Å². The summed E-state index contributed by atoms with van der Waals surface area (Å²) >= 11 is 4.95. The van der Waals surface area contributed by atoms with E-state index in [4.69, 9.17) is 22.5 Å². The number of aryl methyl sites for hydroxylation is 1. The summed E-state index contributed by atoms with van der Waals surface area (Å²) in [6.07, 6.45) is 2.33. The van der Waals surface area contributed by atoms with Crippen LogP contribution >= 0.6 is 12.2 Å². The van der Waals surface area contributed by atoms with Crippen molar-refractivity contribution < 1.29 is 4.52 Å². The SMILES string of the molecule is Cc1nc(CCNc2ncccc2C(N)=S)no1. The van der Waals surface area contributed by atoms with Gasteiger partial charge in [0.05, 0.1) is 5.56 Å². The minimum atomic E-state index is 0.320. The summed E-state index contributed by atoms with van der Waals surface area (Å²) in [5.74, 6) is 1.89. The molecule has 2 heterocycles. The molecule has 0 saturated heterocycles. The highest BCUT2D eigenvalue weighted by molar-refractivity contribution is 7.80. The Morgan fingerprint density at radius 3 is 3.06 bits per heavy atom. The van der Waals surface area contributed by atoms with Crippen LogP contribution in [-0.2, 0) is 6.42 Å². The number of pyridine rings is 1. The molecule has 0 unspecified atom stereocenters. The number of anilines is 1. The minimum Gasteiger partial charge on any atom is -0.389 e. The summed E-state index contributed by atoms with van der Waals surface area (Å²) in [6, 6.07) is 3.62. The van der Waals surface area contributed by atoms with Crippen molar-refractivity contribution in [1.82, 2.24) is 15.1 Å². The number of thiocarbonyl (C=S) groups is 1. The zero-order valence-corrected chi connectivity index (χ0v) is 10.7. The maximum atomic E-state index is 5.61. The molecule has 94 valence electrons. The van der Waals surface area contributed by atoms with Crippen LogP contribution in [0.2, 0.25) is 0 Å². The molecular formula is C11H13N5OS. The van der Waals surface area contributed by atoms with Crippen molar-refractivity contribution in [2.75, 3.05) is 11.9 Å². The van der Waals surface area contributed by atoms with Gasteiger partial charge in [-0.05, 0) is 12.1 Å². The molecule has 0 aliphatic rings. The molecule has 0 aliphatic heterocycles. The Morgan fingerprint density at radius 1 is 1.56 bits per heavy atom. The zero-order valence-electron chi connectivity index (χ0n) is 9.88. The fourth-order valence-corrected chi connectivity index (χ4v) is 1.65. The molecule has 0 aromatic carbocycles. The summed E-state index contributed by atoms with van der Waals surface area (Å²) in [6.45, 7) is 2.39. The molecule has 0 spiro atoms. The van der Waals surface area contributed by atoms with Crippen LogP contribution in [-0.4, -0.2) is 26.7 Å². The predicted octanol–water partition coefficient (Wildman–Crippen LogP) is 1.06. The Bertz CT molecular complexity index is 554. The maximum absolute atomic E-state index is 5.61. The molecular weight excluding hydrogens is 250 g/mol. The van der Waals surface area contributed by atoms with Gasteiger partial charge in [0.15, 0.2) is 5.82 Å². The molecule has 0 amide bonds. The largest absolute Gasteiger partial charge is 0.389 e. The van der Waals surface area contributed by atoms with Crippen LogP contribution in [0.15, 0.2) is 22.9 Å². The van der Waals surface area contributed by atoms with Crippen molar-refractivity contribution >= 4 is 23.0 Å². The number of nitrogens with one attached hydrogen (secondary N) is 1. The quantitative estimate of drug-likeness (QED) is 0.779. The molecule has 0 aliphatic carbocycles. The highest BCUT2D eigenvalue weighted by Crippen LogP contribution is 2.10. The summed E-state index contributed by atoms with van der Waals surface area (Å²) in [5.41, 5.74) is 6.35. The Hall–Kier alpha value is -2.02. The van der Waals surface area contributed by atoms with Crippen molar-refractivity contribution in [3.8, 4) is 0 Å². The molecule has 2 aromatic heterocycles. The zero-order chi connectivity index (χ0) is 13.0. The van der Waals surface area contributed by atoms with Crippen LogP contribution < -0.4 is 11.1 Å². The summed E-state index contributed by atoms with van der Waals surface area (Å²) in [7, 11) is 0. The van der Waals surface area contributed by atoms with E-state index in [0.29, 0.717) is 35.5 Å². The third kappa shape index (κ3) is 3.01. The molecule has 6 nitrogen and oxygen atoms in total. The lowest BCUT2D eigenvalue weighted by atomic mass is 10.2. The fourth-order valence-electron chi connectivity index (χ4n) is 1.48. The first-order valence-electron chi connectivity index (χ1n) is 5.44. The number of hydrogen-bond donors (Lipinski definition) is 2. The normalized spacial score (nSPS) is 10.3. The van der Waals surface area contributed by atoms with Gasteiger partial charge in [-0.2, -0.15) is 4.98 Å². The Morgan fingerprint density at radius 2 is 2.39 bits per heavy atom. The van der Waals surface area contributed by atoms with Crippen molar-refractivity contribution in [2.45, 2.75) is 13.3 Å². The van der Waals surface area contributed by atoms with Gasteiger partial charge < -0.3 is 15.6 Å². The molecule has 0 radical (unpaired) electrons. The third-order valence-electron chi connectivity index (χ3n) is 2.28. The van der Waals surface area contributed by atoms with Gasteiger partial charge in [0.25, 0.3) is 0 Å². The predicted molar refractivity (Wildman–Crippen MR) is 71.4 cm³/mol. The van der Waals surface area contributed by atoms with Crippen molar-refractivity contribution in [2.24, 2.45) is 5.73 Å². The van der Waals surface area contributed by atoms with E-state index in [9.17, 15) is 0 Å². The van der Waals surface area contributed by atoms with E-state index in [1.807, 2.05) is 6.07 Å². The molecule has 0 atom stereocenters. The lowest BCUT2D eigenvalue weighted by molar-refractivity contribution is 0.387. The Balaban J connectivity index is 1.96. The average Bonchev–Trinajstić information content (AvgIpc) is 2.75. The number of aromatic nitrogens is 3. The molecule has 0 bridgehead atoms. The highest BCUT2D eigenvalue weighted by atomic mass is 32.1. The van der Waals surface area contributed by atoms with E-state index >= 15 is 0 Å². The van der Waals surface area contributed by atoms with Gasteiger partial charge in [-0.15, -0.1) is 0 Å². The van der Waals surface area contributed by atoms with Crippen molar-refractivity contribution in [1.29, 1.82) is 0 Å².